The molecular formula is C22H28ClN3O. The fraction of sp³-hybridized carbons (Fsp3) is 0.409. The molecular weight excluding hydrogens is 358 g/mol. The van der Waals surface area contributed by atoms with Gasteiger partial charge in [-0.15, -0.1) is 0 Å². The van der Waals surface area contributed by atoms with Crippen LogP contribution < -0.4 is 10.2 Å². The average molecular weight is 386 g/mol. The Bertz CT molecular complexity index is 805. The first-order valence-electron chi connectivity index (χ1n) is 9.48. The van der Waals surface area contributed by atoms with Gasteiger partial charge in [0.15, 0.2) is 0 Å². The topological polar surface area (TPSA) is 35.6 Å². The number of hydrogen-bond acceptors (Lipinski definition) is 3. The molecule has 1 saturated heterocycles. The summed E-state index contributed by atoms with van der Waals surface area (Å²) in [6, 6.07) is 12.0. The first-order valence-corrected chi connectivity index (χ1v) is 9.86. The molecule has 1 atom stereocenters. The summed E-state index contributed by atoms with van der Waals surface area (Å²) in [6.07, 6.45) is 0. The van der Waals surface area contributed by atoms with Crippen LogP contribution in [0.3, 0.4) is 0 Å². The fourth-order valence-corrected chi connectivity index (χ4v) is 4.00. The highest BCUT2D eigenvalue weighted by Crippen LogP contribution is 2.24. The van der Waals surface area contributed by atoms with Crippen LogP contribution in [0, 0.1) is 20.8 Å². The van der Waals surface area contributed by atoms with Crippen molar-refractivity contribution in [3.05, 3.63) is 58.1 Å². The highest BCUT2D eigenvalue weighted by Gasteiger charge is 2.26. The van der Waals surface area contributed by atoms with Crippen molar-refractivity contribution in [2.75, 3.05) is 36.4 Å². The van der Waals surface area contributed by atoms with Crippen LogP contribution in [0.15, 0.2) is 36.4 Å². The molecule has 1 fully saturated rings. The number of nitrogens with zero attached hydrogens (tertiary/aromatic N) is 2. The lowest BCUT2D eigenvalue weighted by Crippen LogP contribution is -2.52. The number of nitrogens with one attached hydrogen (secondary N) is 1. The van der Waals surface area contributed by atoms with Crippen LogP contribution in [0.1, 0.15) is 23.6 Å². The second-order valence-corrected chi connectivity index (χ2v) is 7.88. The van der Waals surface area contributed by atoms with E-state index < -0.39 is 0 Å². The molecule has 1 N–H and O–H groups in total. The lowest BCUT2D eigenvalue weighted by atomic mass is 10.0. The summed E-state index contributed by atoms with van der Waals surface area (Å²) in [5, 5.41) is 3.90. The standard InChI is InChI=1S/C22H28ClN3O/c1-15-12-16(2)21(17(3)13-15)24-22(27)18(4)25-8-10-26(11-9-25)20-7-5-6-19(23)14-20/h5-7,12-14,18H,8-11H2,1-4H3,(H,24,27)/t18-/m1/s1. The number of piperazine rings is 1. The molecule has 5 heteroatoms. The number of halogens is 1. The van der Waals surface area contributed by atoms with E-state index in [-0.39, 0.29) is 11.9 Å². The van der Waals surface area contributed by atoms with Crippen molar-refractivity contribution in [1.29, 1.82) is 0 Å². The van der Waals surface area contributed by atoms with Crippen LogP contribution in [-0.2, 0) is 4.79 Å². The molecule has 1 aliphatic heterocycles. The number of rotatable bonds is 4. The second-order valence-electron chi connectivity index (χ2n) is 7.44. The van der Waals surface area contributed by atoms with Crippen molar-refractivity contribution in [2.24, 2.45) is 0 Å². The van der Waals surface area contributed by atoms with Gasteiger partial charge in [0, 0.05) is 42.6 Å². The Morgan fingerprint density at radius 2 is 1.67 bits per heavy atom. The molecule has 0 aliphatic carbocycles. The summed E-state index contributed by atoms with van der Waals surface area (Å²) in [7, 11) is 0. The number of benzene rings is 2. The molecule has 0 bridgehead atoms. The van der Waals surface area contributed by atoms with Crippen molar-refractivity contribution >= 4 is 28.9 Å². The third kappa shape index (κ3) is 4.63. The Morgan fingerprint density at radius 1 is 1.04 bits per heavy atom. The normalized spacial score (nSPS) is 16.3. The quantitative estimate of drug-likeness (QED) is 0.846. The molecule has 0 saturated carbocycles. The summed E-state index contributed by atoms with van der Waals surface area (Å²) >= 11 is 6.11. The summed E-state index contributed by atoms with van der Waals surface area (Å²) in [6.45, 7) is 11.6. The van der Waals surface area contributed by atoms with Crippen LogP contribution in [0.5, 0.6) is 0 Å². The van der Waals surface area contributed by atoms with Gasteiger partial charge in [0.1, 0.15) is 0 Å². The number of anilines is 2. The minimum Gasteiger partial charge on any atom is -0.369 e. The summed E-state index contributed by atoms with van der Waals surface area (Å²) in [5.74, 6) is 0.0567. The van der Waals surface area contributed by atoms with E-state index in [2.05, 4.69) is 40.2 Å². The molecule has 0 radical (unpaired) electrons. The number of aryl methyl sites for hydroxylation is 3. The van der Waals surface area contributed by atoms with Crippen LogP contribution in [-0.4, -0.2) is 43.0 Å². The predicted molar refractivity (Wildman–Crippen MR) is 114 cm³/mol. The highest BCUT2D eigenvalue weighted by atomic mass is 35.5. The number of amides is 1. The van der Waals surface area contributed by atoms with Crippen molar-refractivity contribution in [1.82, 2.24) is 4.90 Å². The van der Waals surface area contributed by atoms with Crippen LogP contribution in [0.2, 0.25) is 5.02 Å². The maximum absolute atomic E-state index is 12.8. The molecule has 1 amide bonds. The monoisotopic (exact) mass is 385 g/mol. The number of carbonyl (C=O) groups is 1. The Balaban J connectivity index is 1.60. The van der Waals surface area contributed by atoms with E-state index in [1.165, 1.54) is 5.56 Å². The van der Waals surface area contributed by atoms with Crippen LogP contribution in [0.4, 0.5) is 11.4 Å². The zero-order chi connectivity index (χ0) is 19.6. The average Bonchev–Trinajstić information content (AvgIpc) is 2.64. The molecule has 27 heavy (non-hydrogen) atoms. The van der Waals surface area contributed by atoms with Crippen molar-refractivity contribution in [3.8, 4) is 0 Å². The first kappa shape index (κ1) is 19.7. The molecule has 2 aromatic rings. The van der Waals surface area contributed by atoms with E-state index in [1.54, 1.807) is 0 Å². The molecule has 4 nitrogen and oxygen atoms in total. The Labute approximate surface area is 167 Å². The largest absolute Gasteiger partial charge is 0.369 e. The van der Waals surface area contributed by atoms with Gasteiger partial charge in [-0.25, -0.2) is 0 Å². The van der Waals surface area contributed by atoms with Crippen LogP contribution in [0.25, 0.3) is 0 Å². The van der Waals surface area contributed by atoms with E-state index in [0.717, 1.165) is 53.7 Å². The predicted octanol–water partition coefficient (Wildman–Crippen LogP) is 4.41. The van der Waals surface area contributed by atoms with E-state index in [9.17, 15) is 4.79 Å². The van der Waals surface area contributed by atoms with Gasteiger partial charge >= 0.3 is 0 Å². The van der Waals surface area contributed by atoms with Crippen molar-refractivity contribution in [2.45, 2.75) is 33.7 Å². The highest BCUT2D eigenvalue weighted by molar-refractivity contribution is 6.30. The van der Waals surface area contributed by atoms with Gasteiger partial charge in [0.2, 0.25) is 5.91 Å². The summed E-state index contributed by atoms with van der Waals surface area (Å²) < 4.78 is 0. The third-order valence-corrected chi connectivity index (χ3v) is 5.58. The molecule has 1 aliphatic rings. The van der Waals surface area contributed by atoms with Crippen LogP contribution >= 0.6 is 11.6 Å². The molecule has 3 rings (SSSR count). The maximum atomic E-state index is 12.8. The van der Waals surface area contributed by atoms with E-state index in [4.69, 9.17) is 11.6 Å². The maximum Gasteiger partial charge on any atom is 0.241 e. The first-order chi connectivity index (χ1) is 12.8. The summed E-state index contributed by atoms with van der Waals surface area (Å²) in [5.41, 5.74) is 5.52. The second kappa shape index (κ2) is 8.32. The van der Waals surface area contributed by atoms with Gasteiger partial charge < -0.3 is 10.2 Å². The Morgan fingerprint density at radius 3 is 2.26 bits per heavy atom. The van der Waals surface area contributed by atoms with Gasteiger partial charge in [-0.1, -0.05) is 35.4 Å². The lowest BCUT2D eigenvalue weighted by Gasteiger charge is -2.38. The zero-order valence-corrected chi connectivity index (χ0v) is 17.3. The van der Waals surface area contributed by atoms with Gasteiger partial charge in [0.05, 0.1) is 6.04 Å². The van der Waals surface area contributed by atoms with E-state index in [0.29, 0.717) is 0 Å². The Hall–Kier alpha value is -2.04. The van der Waals surface area contributed by atoms with Crippen molar-refractivity contribution in [3.63, 3.8) is 0 Å². The molecule has 0 spiro atoms. The summed E-state index contributed by atoms with van der Waals surface area (Å²) in [4.78, 5) is 17.4. The smallest absolute Gasteiger partial charge is 0.241 e. The molecule has 1 heterocycles. The minimum absolute atomic E-state index is 0.0567. The molecule has 144 valence electrons. The van der Waals surface area contributed by atoms with Gasteiger partial charge in [-0.3, -0.25) is 9.69 Å². The molecule has 2 aromatic carbocycles. The molecule has 0 unspecified atom stereocenters. The van der Waals surface area contributed by atoms with E-state index in [1.807, 2.05) is 39.0 Å². The SMILES string of the molecule is Cc1cc(C)c(NC(=O)[C@@H](C)N2CCN(c3cccc(Cl)c3)CC2)c(C)c1. The van der Waals surface area contributed by atoms with Gasteiger partial charge in [0.25, 0.3) is 0 Å². The number of carbonyl (C=O) groups excluding carboxylic acids is 1. The Kier molecular flexibility index (Phi) is 6.08. The number of hydrogen-bond donors (Lipinski definition) is 1. The van der Waals surface area contributed by atoms with E-state index >= 15 is 0 Å². The lowest BCUT2D eigenvalue weighted by molar-refractivity contribution is -0.120. The molecule has 0 aromatic heterocycles. The zero-order valence-electron chi connectivity index (χ0n) is 16.6. The van der Waals surface area contributed by atoms with Gasteiger partial charge in [-0.05, 0) is 57.0 Å². The fourth-order valence-electron chi connectivity index (χ4n) is 3.81. The third-order valence-electron chi connectivity index (χ3n) is 5.34. The van der Waals surface area contributed by atoms with Crippen molar-refractivity contribution < 1.29 is 4.79 Å². The van der Waals surface area contributed by atoms with Gasteiger partial charge in [-0.2, -0.15) is 0 Å². The minimum atomic E-state index is -0.161.